The van der Waals surface area contributed by atoms with Crippen LogP contribution in [0.15, 0.2) is 42.5 Å². The van der Waals surface area contributed by atoms with E-state index < -0.39 is 6.04 Å². The highest BCUT2D eigenvalue weighted by molar-refractivity contribution is 6.34. The van der Waals surface area contributed by atoms with Gasteiger partial charge in [0.25, 0.3) is 0 Å². The van der Waals surface area contributed by atoms with Crippen molar-refractivity contribution in [1.29, 1.82) is 0 Å². The van der Waals surface area contributed by atoms with E-state index in [-0.39, 0.29) is 11.8 Å². The Morgan fingerprint density at radius 2 is 1.73 bits per heavy atom. The molecule has 1 unspecified atom stereocenters. The zero-order chi connectivity index (χ0) is 19.1. The first-order valence-corrected chi connectivity index (χ1v) is 8.64. The first-order valence-electron chi connectivity index (χ1n) is 8.26. The van der Waals surface area contributed by atoms with Gasteiger partial charge in [0.05, 0.1) is 17.3 Å². The van der Waals surface area contributed by atoms with Crippen LogP contribution >= 0.6 is 11.6 Å². The topological polar surface area (TPSA) is 79.5 Å². The molecule has 2 aromatic rings. The molecule has 0 aliphatic rings. The molecule has 0 saturated carbocycles. The summed E-state index contributed by atoms with van der Waals surface area (Å²) in [7, 11) is 0. The van der Waals surface area contributed by atoms with Crippen molar-refractivity contribution in [2.45, 2.75) is 26.8 Å². The summed E-state index contributed by atoms with van der Waals surface area (Å²) in [5, 5.41) is 8.94. The predicted molar refractivity (Wildman–Crippen MR) is 105 cm³/mol. The highest BCUT2D eigenvalue weighted by atomic mass is 35.5. The van der Waals surface area contributed by atoms with Gasteiger partial charge in [0.2, 0.25) is 11.8 Å². The normalized spacial score (nSPS) is 11.4. The summed E-state index contributed by atoms with van der Waals surface area (Å²) in [6.07, 6.45) is 0. The van der Waals surface area contributed by atoms with Gasteiger partial charge >= 0.3 is 0 Å². The van der Waals surface area contributed by atoms with Crippen molar-refractivity contribution in [1.82, 2.24) is 0 Å². The van der Waals surface area contributed by atoms with Crippen molar-refractivity contribution in [3.05, 3.63) is 47.5 Å². The summed E-state index contributed by atoms with van der Waals surface area (Å²) in [5.74, 6) is 0.373. The molecule has 0 aliphatic heterocycles. The number of nitrogens with one attached hydrogen (secondary N) is 3. The summed E-state index contributed by atoms with van der Waals surface area (Å²) in [6, 6.07) is 11.8. The van der Waals surface area contributed by atoms with E-state index in [9.17, 15) is 9.59 Å². The molecular formula is C19H22ClN3O3. The Morgan fingerprint density at radius 3 is 2.31 bits per heavy atom. The number of carbonyl (C=O) groups is 2. The van der Waals surface area contributed by atoms with Crippen molar-refractivity contribution in [2.75, 3.05) is 22.6 Å². The molecule has 1 atom stereocenters. The van der Waals surface area contributed by atoms with Crippen molar-refractivity contribution in [3.8, 4) is 5.75 Å². The Morgan fingerprint density at radius 1 is 1.08 bits per heavy atom. The second-order valence-electron chi connectivity index (χ2n) is 5.69. The third-order valence-electron chi connectivity index (χ3n) is 3.49. The number of ether oxygens (including phenoxy) is 1. The lowest BCUT2D eigenvalue weighted by Crippen LogP contribution is -2.31. The van der Waals surface area contributed by atoms with Crippen LogP contribution in [0, 0.1) is 0 Å². The molecule has 0 spiro atoms. The Hall–Kier alpha value is -2.73. The molecular weight excluding hydrogens is 354 g/mol. The fourth-order valence-electron chi connectivity index (χ4n) is 2.26. The third kappa shape index (κ3) is 5.67. The van der Waals surface area contributed by atoms with Crippen LogP contribution < -0.4 is 20.7 Å². The van der Waals surface area contributed by atoms with Crippen LogP contribution in [-0.2, 0) is 9.59 Å². The zero-order valence-electron chi connectivity index (χ0n) is 14.9. The van der Waals surface area contributed by atoms with Crippen molar-refractivity contribution >= 4 is 40.5 Å². The molecule has 2 rings (SSSR count). The molecule has 0 heterocycles. The molecule has 0 aromatic heterocycles. The largest absolute Gasteiger partial charge is 0.494 e. The molecule has 7 heteroatoms. The van der Waals surface area contributed by atoms with Gasteiger partial charge in [-0.1, -0.05) is 11.6 Å². The average Bonchev–Trinajstić information content (AvgIpc) is 2.59. The summed E-state index contributed by atoms with van der Waals surface area (Å²) < 4.78 is 5.37. The zero-order valence-corrected chi connectivity index (χ0v) is 15.7. The maximum absolute atomic E-state index is 12.3. The molecule has 6 nitrogen and oxygen atoms in total. The Bertz CT molecular complexity index is 778. The maximum Gasteiger partial charge on any atom is 0.246 e. The van der Waals surface area contributed by atoms with Crippen LogP contribution in [0.5, 0.6) is 5.75 Å². The summed E-state index contributed by atoms with van der Waals surface area (Å²) in [6.45, 7) is 5.67. The molecule has 2 aromatic carbocycles. The quantitative estimate of drug-likeness (QED) is 0.679. The van der Waals surface area contributed by atoms with Crippen molar-refractivity contribution in [3.63, 3.8) is 0 Å². The van der Waals surface area contributed by atoms with Gasteiger partial charge in [-0.25, -0.2) is 0 Å². The Kier molecular flexibility index (Phi) is 6.86. The summed E-state index contributed by atoms with van der Waals surface area (Å²) in [4.78, 5) is 23.4. The van der Waals surface area contributed by atoms with E-state index in [0.717, 1.165) is 5.75 Å². The minimum Gasteiger partial charge on any atom is -0.494 e. The number of halogens is 1. The van der Waals surface area contributed by atoms with Gasteiger partial charge in [-0.3, -0.25) is 9.59 Å². The van der Waals surface area contributed by atoms with Crippen LogP contribution in [0.25, 0.3) is 0 Å². The number of amides is 2. The lowest BCUT2D eigenvalue weighted by molar-refractivity contribution is -0.116. The number of hydrogen-bond acceptors (Lipinski definition) is 4. The van der Waals surface area contributed by atoms with E-state index >= 15 is 0 Å². The second kappa shape index (κ2) is 9.10. The number of rotatable bonds is 7. The predicted octanol–water partition coefficient (Wildman–Crippen LogP) is 4.14. The first-order chi connectivity index (χ1) is 12.4. The molecule has 0 bridgehead atoms. The molecule has 2 amide bonds. The second-order valence-corrected chi connectivity index (χ2v) is 6.10. The number of hydrogen-bond donors (Lipinski definition) is 3. The maximum atomic E-state index is 12.3. The molecule has 0 saturated heterocycles. The number of benzene rings is 2. The van der Waals surface area contributed by atoms with Crippen LogP contribution in [0.4, 0.5) is 17.1 Å². The van der Waals surface area contributed by atoms with E-state index in [4.69, 9.17) is 16.3 Å². The van der Waals surface area contributed by atoms with Gasteiger partial charge in [0, 0.05) is 18.3 Å². The highest BCUT2D eigenvalue weighted by Gasteiger charge is 2.14. The summed E-state index contributed by atoms with van der Waals surface area (Å²) >= 11 is 6.14. The van der Waals surface area contributed by atoms with E-state index in [1.807, 2.05) is 6.92 Å². The Balaban J connectivity index is 1.96. The lowest BCUT2D eigenvalue weighted by atomic mass is 10.2. The van der Waals surface area contributed by atoms with E-state index in [1.165, 1.54) is 6.92 Å². The monoisotopic (exact) mass is 375 g/mol. The minimum atomic E-state index is -0.482. The molecule has 3 N–H and O–H groups in total. The first kappa shape index (κ1) is 19.6. The Labute approximate surface area is 157 Å². The minimum absolute atomic E-state index is 0.184. The van der Waals surface area contributed by atoms with Gasteiger partial charge in [-0.15, -0.1) is 0 Å². The molecule has 26 heavy (non-hydrogen) atoms. The highest BCUT2D eigenvalue weighted by Crippen LogP contribution is 2.26. The van der Waals surface area contributed by atoms with Crippen LogP contribution in [0.1, 0.15) is 20.8 Å². The van der Waals surface area contributed by atoms with Crippen LogP contribution in [0.3, 0.4) is 0 Å². The third-order valence-corrected chi connectivity index (χ3v) is 3.80. The van der Waals surface area contributed by atoms with Gasteiger partial charge in [-0.2, -0.15) is 0 Å². The number of anilines is 3. The standard InChI is InChI=1S/C19H22ClN3O3/c1-4-26-16-8-5-14(6-9-16)23-19(25)12(2)21-15-7-10-18(17(20)11-15)22-13(3)24/h5-12,21H,4H2,1-3H3,(H,22,24)(H,23,25). The number of carbonyl (C=O) groups excluding carboxylic acids is 2. The van der Waals surface area contributed by atoms with Gasteiger partial charge in [-0.05, 0) is 56.3 Å². The average molecular weight is 376 g/mol. The summed E-state index contributed by atoms with van der Waals surface area (Å²) in [5.41, 5.74) is 1.89. The van der Waals surface area contributed by atoms with Crippen molar-refractivity contribution < 1.29 is 14.3 Å². The molecule has 0 radical (unpaired) electrons. The van der Waals surface area contributed by atoms with Crippen molar-refractivity contribution in [2.24, 2.45) is 0 Å². The van der Waals surface area contributed by atoms with E-state index in [2.05, 4.69) is 16.0 Å². The van der Waals surface area contributed by atoms with Gasteiger partial charge in [0.15, 0.2) is 0 Å². The van der Waals surface area contributed by atoms with Gasteiger partial charge < -0.3 is 20.7 Å². The van der Waals surface area contributed by atoms with Gasteiger partial charge in [0.1, 0.15) is 11.8 Å². The van der Waals surface area contributed by atoms with E-state index in [0.29, 0.717) is 28.7 Å². The van der Waals surface area contributed by atoms with Crippen LogP contribution in [0.2, 0.25) is 5.02 Å². The van der Waals surface area contributed by atoms with E-state index in [1.54, 1.807) is 49.4 Å². The smallest absolute Gasteiger partial charge is 0.246 e. The molecule has 0 fully saturated rings. The molecule has 0 aliphatic carbocycles. The fourth-order valence-corrected chi connectivity index (χ4v) is 2.49. The lowest BCUT2D eigenvalue weighted by Gasteiger charge is -2.16. The SMILES string of the molecule is CCOc1ccc(NC(=O)C(C)Nc2ccc(NC(C)=O)c(Cl)c2)cc1. The fraction of sp³-hybridized carbons (Fsp3) is 0.263. The van der Waals surface area contributed by atoms with Crippen LogP contribution in [-0.4, -0.2) is 24.5 Å². The molecule has 138 valence electrons.